The van der Waals surface area contributed by atoms with Gasteiger partial charge in [-0.3, -0.25) is 0 Å². The zero-order chi connectivity index (χ0) is 8.98. The lowest BCUT2D eigenvalue weighted by molar-refractivity contribution is -1.02. The largest absolute Gasteiger partial charge is 0.318 e. The molecule has 0 N–H and O–H groups in total. The molecule has 2 heterocycles. The highest BCUT2D eigenvalue weighted by Gasteiger charge is 2.63. The summed E-state index contributed by atoms with van der Waals surface area (Å²) in [4.78, 5) is 0. The van der Waals surface area contributed by atoms with Crippen molar-refractivity contribution in [2.75, 3.05) is 13.6 Å². The summed E-state index contributed by atoms with van der Waals surface area (Å²) in [6, 6.07) is 1.01. The van der Waals surface area contributed by atoms with E-state index in [1.54, 1.807) is 0 Å². The third-order valence-corrected chi connectivity index (χ3v) is 5.03. The van der Waals surface area contributed by atoms with Crippen molar-refractivity contribution in [2.45, 2.75) is 51.6 Å². The minimum atomic E-state index is 0.598. The molecule has 3 atom stereocenters. The average Bonchev–Trinajstić information content (AvgIpc) is 2.29. The van der Waals surface area contributed by atoms with Crippen LogP contribution in [0.5, 0.6) is 0 Å². The molecule has 2 rings (SSSR count). The molecule has 0 aliphatic carbocycles. The van der Waals surface area contributed by atoms with Gasteiger partial charge in [-0.25, -0.2) is 0 Å². The lowest BCUT2D eigenvalue weighted by Gasteiger charge is -2.62. The molecule has 0 aromatic rings. The fourth-order valence-electron chi connectivity index (χ4n) is 3.50. The Labute approximate surface area is 76.3 Å². The van der Waals surface area contributed by atoms with Gasteiger partial charge in [0.2, 0.25) is 0 Å². The quantitative estimate of drug-likeness (QED) is 0.527. The van der Waals surface area contributed by atoms with Gasteiger partial charge in [-0.1, -0.05) is 13.8 Å². The summed E-state index contributed by atoms with van der Waals surface area (Å²) in [5.74, 6) is 0.844. The average molecular weight is 168 g/mol. The first-order valence-corrected chi connectivity index (χ1v) is 5.36. The maximum atomic E-state index is 2.49. The molecule has 2 saturated heterocycles. The summed E-state index contributed by atoms with van der Waals surface area (Å²) >= 11 is 0. The molecule has 70 valence electrons. The lowest BCUT2D eigenvalue weighted by atomic mass is 9.70. The summed E-state index contributed by atoms with van der Waals surface area (Å²) in [7, 11) is 2.47. The minimum absolute atomic E-state index is 0.598. The zero-order valence-electron chi connectivity index (χ0n) is 8.93. The molecular weight excluding hydrogens is 146 g/mol. The van der Waals surface area contributed by atoms with E-state index in [0.29, 0.717) is 5.54 Å². The number of fused-ring (bicyclic) bond motifs is 1. The fourth-order valence-corrected chi connectivity index (χ4v) is 3.50. The van der Waals surface area contributed by atoms with Gasteiger partial charge in [-0.2, -0.15) is 0 Å². The Bertz CT molecular complexity index is 197. The van der Waals surface area contributed by atoms with Gasteiger partial charge in [-0.05, 0) is 6.92 Å². The Morgan fingerprint density at radius 1 is 1.42 bits per heavy atom. The van der Waals surface area contributed by atoms with Gasteiger partial charge >= 0.3 is 0 Å². The van der Waals surface area contributed by atoms with Crippen LogP contribution in [0.25, 0.3) is 0 Å². The first-order valence-electron chi connectivity index (χ1n) is 5.36. The summed E-state index contributed by atoms with van der Waals surface area (Å²) in [6.07, 6.45) is 4.42. The molecule has 2 aliphatic rings. The standard InChI is InChI=1S/C11H22N/c1-9(2)11(3)8-10-6-5-7-12(10,11)4/h9-10H,5-8H2,1-4H3/q+1. The molecule has 1 heteroatoms. The first-order chi connectivity index (χ1) is 5.51. The number of hydrogen-bond acceptors (Lipinski definition) is 0. The van der Waals surface area contributed by atoms with Crippen LogP contribution in [0.2, 0.25) is 0 Å². The highest BCUT2D eigenvalue weighted by Crippen LogP contribution is 2.52. The Morgan fingerprint density at radius 3 is 2.58 bits per heavy atom. The third-order valence-electron chi connectivity index (χ3n) is 5.03. The van der Waals surface area contributed by atoms with Crippen molar-refractivity contribution >= 4 is 0 Å². The molecule has 3 unspecified atom stereocenters. The normalized spacial score (nSPS) is 52.2. The van der Waals surface area contributed by atoms with Crippen LogP contribution in [0.4, 0.5) is 0 Å². The van der Waals surface area contributed by atoms with Gasteiger partial charge in [0.05, 0.1) is 26.1 Å². The second-order valence-electron chi connectivity index (χ2n) is 5.50. The van der Waals surface area contributed by atoms with Crippen molar-refractivity contribution in [2.24, 2.45) is 5.92 Å². The minimum Gasteiger partial charge on any atom is -0.318 e. The van der Waals surface area contributed by atoms with Gasteiger partial charge in [0.1, 0.15) is 5.54 Å². The second kappa shape index (κ2) is 2.25. The van der Waals surface area contributed by atoms with Crippen LogP contribution < -0.4 is 0 Å². The molecule has 0 radical (unpaired) electrons. The highest BCUT2D eigenvalue weighted by molar-refractivity contribution is 4.96. The van der Waals surface area contributed by atoms with E-state index in [2.05, 4.69) is 27.8 Å². The molecular formula is C11H22N+. The molecule has 0 spiro atoms. The van der Waals surface area contributed by atoms with Crippen molar-refractivity contribution in [3.8, 4) is 0 Å². The molecule has 2 fully saturated rings. The Hall–Kier alpha value is -0.0400. The third kappa shape index (κ3) is 0.736. The van der Waals surface area contributed by atoms with E-state index < -0.39 is 0 Å². The highest BCUT2D eigenvalue weighted by atomic mass is 15.5. The topological polar surface area (TPSA) is 0 Å². The van der Waals surface area contributed by atoms with E-state index in [0.717, 1.165) is 12.0 Å². The van der Waals surface area contributed by atoms with Crippen molar-refractivity contribution in [1.29, 1.82) is 0 Å². The number of nitrogens with zero attached hydrogens (tertiary/aromatic N) is 1. The van der Waals surface area contributed by atoms with Crippen molar-refractivity contribution in [3.05, 3.63) is 0 Å². The zero-order valence-corrected chi connectivity index (χ0v) is 8.93. The lowest BCUT2D eigenvalue weighted by Crippen LogP contribution is -2.75. The van der Waals surface area contributed by atoms with Gasteiger partial charge in [-0.15, -0.1) is 0 Å². The smallest absolute Gasteiger partial charge is 0.104 e. The second-order valence-corrected chi connectivity index (χ2v) is 5.50. The van der Waals surface area contributed by atoms with Gasteiger partial charge in [0.25, 0.3) is 0 Å². The van der Waals surface area contributed by atoms with Crippen LogP contribution in [-0.2, 0) is 0 Å². The van der Waals surface area contributed by atoms with Gasteiger partial charge in [0.15, 0.2) is 0 Å². The predicted octanol–water partition coefficient (Wildman–Crippen LogP) is 2.41. The first kappa shape index (κ1) is 8.55. The van der Waals surface area contributed by atoms with Crippen molar-refractivity contribution in [3.63, 3.8) is 0 Å². The van der Waals surface area contributed by atoms with E-state index >= 15 is 0 Å². The Morgan fingerprint density at radius 2 is 2.08 bits per heavy atom. The van der Waals surface area contributed by atoms with Crippen LogP contribution in [0.1, 0.15) is 40.0 Å². The molecule has 0 saturated carbocycles. The fraction of sp³-hybridized carbons (Fsp3) is 1.00. The van der Waals surface area contributed by atoms with Gasteiger partial charge in [0, 0.05) is 18.8 Å². The number of rotatable bonds is 1. The number of hydrogen-bond donors (Lipinski definition) is 0. The molecule has 0 aromatic heterocycles. The summed E-state index contributed by atoms with van der Waals surface area (Å²) in [5, 5.41) is 0. The molecule has 1 nitrogen and oxygen atoms in total. The van der Waals surface area contributed by atoms with Crippen molar-refractivity contribution in [1.82, 2.24) is 0 Å². The number of quaternary nitrogens is 1. The summed E-state index contributed by atoms with van der Waals surface area (Å²) < 4.78 is 1.38. The Kier molecular flexibility index (Phi) is 1.61. The van der Waals surface area contributed by atoms with Crippen LogP contribution in [-0.4, -0.2) is 29.7 Å². The van der Waals surface area contributed by atoms with E-state index in [1.807, 2.05) is 0 Å². The summed E-state index contributed by atoms with van der Waals surface area (Å²) in [6.45, 7) is 8.69. The molecule has 0 amide bonds. The van der Waals surface area contributed by atoms with Crippen LogP contribution >= 0.6 is 0 Å². The monoisotopic (exact) mass is 168 g/mol. The molecule has 12 heavy (non-hydrogen) atoms. The van der Waals surface area contributed by atoms with E-state index in [4.69, 9.17) is 0 Å². The maximum Gasteiger partial charge on any atom is 0.104 e. The van der Waals surface area contributed by atoms with Crippen molar-refractivity contribution < 1.29 is 4.48 Å². The van der Waals surface area contributed by atoms with E-state index in [9.17, 15) is 0 Å². The molecule has 0 aromatic carbocycles. The van der Waals surface area contributed by atoms with E-state index in [-0.39, 0.29) is 0 Å². The predicted molar refractivity (Wildman–Crippen MR) is 51.9 cm³/mol. The van der Waals surface area contributed by atoms with Crippen LogP contribution in [0.15, 0.2) is 0 Å². The van der Waals surface area contributed by atoms with Crippen LogP contribution in [0, 0.1) is 5.92 Å². The van der Waals surface area contributed by atoms with Crippen LogP contribution in [0.3, 0.4) is 0 Å². The molecule has 2 aliphatic heterocycles. The summed E-state index contributed by atoms with van der Waals surface area (Å²) in [5.41, 5.74) is 0.598. The van der Waals surface area contributed by atoms with E-state index in [1.165, 1.54) is 30.3 Å². The Balaban J connectivity index is 2.22. The maximum absolute atomic E-state index is 2.49. The SMILES string of the molecule is CC(C)C1(C)CC2CCC[N+]21C. The molecule has 0 bridgehead atoms. The van der Waals surface area contributed by atoms with Gasteiger partial charge < -0.3 is 4.48 Å².